The number of alkyl halides is 2. The van der Waals surface area contributed by atoms with Crippen LogP contribution in [0.15, 0.2) is 5.16 Å². The van der Waals surface area contributed by atoms with Gasteiger partial charge in [0.2, 0.25) is 0 Å². The average molecular weight is 194 g/mol. The minimum Gasteiger partial charge on any atom is -0.461 e. The number of carbonyl (C=O) groups is 1. The first-order chi connectivity index (χ1) is 6.16. The predicted molar refractivity (Wildman–Crippen MR) is 38.1 cm³/mol. The summed E-state index contributed by atoms with van der Waals surface area (Å²) in [6.07, 6.45) is -2.76. The van der Waals surface area contributed by atoms with E-state index >= 15 is 0 Å². The van der Waals surface area contributed by atoms with Gasteiger partial charge in [-0.3, -0.25) is 4.94 Å². The first kappa shape index (κ1) is 9.85. The average Bonchev–Trinajstić information content (AvgIpc) is 2.52. The van der Waals surface area contributed by atoms with Gasteiger partial charge in [0.25, 0.3) is 6.43 Å². The van der Waals surface area contributed by atoms with Crippen molar-refractivity contribution < 1.29 is 23.3 Å². The molecule has 0 spiro atoms. The second-order valence-corrected chi connectivity index (χ2v) is 2.22. The van der Waals surface area contributed by atoms with Gasteiger partial charge >= 0.3 is 5.97 Å². The Morgan fingerprint density at radius 1 is 1.85 bits per heavy atom. The lowest BCUT2D eigenvalue weighted by molar-refractivity contribution is -0.135. The summed E-state index contributed by atoms with van der Waals surface area (Å²) < 4.78 is 28.8. The number of esters is 1. The molecule has 1 rings (SSSR count). The van der Waals surface area contributed by atoms with Gasteiger partial charge in [0.15, 0.2) is 11.8 Å². The predicted octanol–water partition coefficient (Wildman–Crippen LogP) is 0.0740. The molecule has 1 heterocycles. The third kappa shape index (κ3) is 2.11. The number of oxime groups is 1. The van der Waals surface area contributed by atoms with Gasteiger partial charge in [-0.05, 0) is 6.92 Å². The first-order valence-electron chi connectivity index (χ1n) is 3.61. The van der Waals surface area contributed by atoms with Crippen molar-refractivity contribution in [2.75, 3.05) is 6.61 Å². The van der Waals surface area contributed by atoms with Crippen LogP contribution in [0, 0.1) is 0 Å². The van der Waals surface area contributed by atoms with Crippen molar-refractivity contribution in [3.63, 3.8) is 0 Å². The first-order valence-corrected chi connectivity index (χ1v) is 3.61. The highest BCUT2D eigenvalue weighted by Gasteiger charge is 2.37. The molecule has 0 fully saturated rings. The zero-order valence-electron chi connectivity index (χ0n) is 6.79. The highest BCUT2D eigenvalue weighted by molar-refractivity contribution is 6.38. The van der Waals surface area contributed by atoms with Crippen molar-refractivity contribution in [1.29, 1.82) is 0 Å². The van der Waals surface area contributed by atoms with Gasteiger partial charge in [-0.15, -0.1) is 5.48 Å². The Balaban J connectivity index is 2.62. The summed E-state index contributed by atoms with van der Waals surface area (Å²) in [5, 5.41) is 3.11. The molecule has 1 atom stereocenters. The van der Waals surface area contributed by atoms with Crippen molar-refractivity contribution in [3.05, 3.63) is 0 Å². The van der Waals surface area contributed by atoms with Gasteiger partial charge < -0.3 is 4.74 Å². The van der Waals surface area contributed by atoms with E-state index in [2.05, 4.69) is 14.8 Å². The van der Waals surface area contributed by atoms with Gasteiger partial charge in [-0.2, -0.15) is 0 Å². The zero-order chi connectivity index (χ0) is 9.84. The molecule has 1 aliphatic rings. The minimum absolute atomic E-state index is 0.105. The quantitative estimate of drug-likeness (QED) is 0.646. The summed E-state index contributed by atoms with van der Waals surface area (Å²) in [6, 6.07) is -1.50. The number of nitrogens with zero attached hydrogens (tertiary/aromatic N) is 1. The molecule has 0 radical (unpaired) electrons. The molecule has 5 nitrogen and oxygen atoms in total. The molecule has 0 aromatic heterocycles. The van der Waals surface area contributed by atoms with Gasteiger partial charge in [-0.1, -0.05) is 5.16 Å². The van der Waals surface area contributed by atoms with Crippen LogP contribution >= 0.6 is 0 Å². The number of hydroxylamine groups is 1. The minimum atomic E-state index is -2.76. The van der Waals surface area contributed by atoms with Crippen LogP contribution in [0.2, 0.25) is 0 Å². The number of ether oxygens (including phenoxy) is 1. The van der Waals surface area contributed by atoms with Crippen molar-refractivity contribution in [1.82, 2.24) is 5.48 Å². The molecule has 1 N–H and O–H groups in total. The Morgan fingerprint density at radius 2 is 2.54 bits per heavy atom. The molecule has 0 aliphatic carbocycles. The molecule has 0 saturated heterocycles. The van der Waals surface area contributed by atoms with E-state index in [1.807, 2.05) is 5.48 Å². The fourth-order valence-corrected chi connectivity index (χ4v) is 0.785. The van der Waals surface area contributed by atoms with Gasteiger partial charge in [0, 0.05) is 0 Å². The fourth-order valence-electron chi connectivity index (χ4n) is 0.785. The van der Waals surface area contributed by atoms with E-state index in [0.29, 0.717) is 0 Å². The molecule has 0 aromatic rings. The molecule has 13 heavy (non-hydrogen) atoms. The van der Waals surface area contributed by atoms with Crippen molar-refractivity contribution in [2.45, 2.75) is 19.4 Å². The van der Waals surface area contributed by atoms with Crippen molar-refractivity contribution in [2.24, 2.45) is 5.16 Å². The molecule has 0 aromatic carbocycles. The van der Waals surface area contributed by atoms with E-state index in [9.17, 15) is 13.6 Å². The standard InChI is InChI=1S/C6H8F2N2O3/c1-2-12-6(11)4-3(5(7)8)9-13-10-4/h3,5,9H,2H2,1H3. The highest BCUT2D eigenvalue weighted by Crippen LogP contribution is 2.09. The van der Waals surface area contributed by atoms with Gasteiger partial charge in [0.05, 0.1) is 6.61 Å². The Morgan fingerprint density at radius 3 is 3.08 bits per heavy atom. The summed E-state index contributed by atoms with van der Waals surface area (Å²) in [5.74, 6) is -0.891. The van der Waals surface area contributed by atoms with Crippen molar-refractivity contribution in [3.8, 4) is 0 Å². The van der Waals surface area contributed by atoms with Crippen LogP contribution < -0.4 is 5.48 Å². The fraction of sp³-hybridized carbons (Fsp3) is 0.667. The van der Waals surface area contributed by atoms with Crippen LogP contribution in [0.4, 0.5) is 8.78 Å². The van der Waals surface area contributed by atoms with Gasteiger partial charge in [-0.25, -0.2) is 13.6 Å². The van der Waals surface area contributed by atoms with E-state index < -0.39 is 24.1 Å². The maximum absolute atomic E-state index is 12.2. The molecule has 74 valence electrons. The van der Waals surface area contributed by atoms with Crippen LogP contribution in [0.1, 0.15) is 6.92 Å². The summed E-state index contributed by atoms with van der Waals surface area (Å²) in [4.78, 5) is 15.1. The summed E-state index contributed by atoms with van der Waals surface area (Å²) in [6.45, 7) is 1.67. The molecule has 0 amide bonds. The summed E-state index contributed by atoms with van der Waals surface area (Å²) in [7, 11) is 0. The smallest absolute Gasteiger partial charge is 0.358 e. The third-order valence-electron chi connectivity index (χ3n) is 1.35. The molecular formula is C6H8F2N2O3. The van der Waals surface area contributed by atoms with Crippen LogP contribution in [0.3, 0.4) is 0 Å². The second-order valence-electron chi connectivity index (χ2n) is 2.22. The van der Waals surface area contributed by atoms with Crippen LogP contribution in [-0.4, -0.2) is 30.8 Å². The lowest BCUT2D eigenvalue weighted by Gasteiger charge is -2.07. The SMILES string of the molecule is CCOC(=O)C1=NONC1C(F)F. The number of rotatable bonds is 3. The van der Waals surface area contributed by atoms with E-state index in [0.717, 1.165) is 0 Å². The zero-order valence-corrected chi connectivity index (χ0v) is 6.79. The molecule has 1 aliphatic heterocycles. The van der Waals surface area contributed by atoms with E-state index in [1.165, 1.54) is 0 Å². The number of carbonyl (C=O) groups excluding carboxylic acids is 1. The molecule has 0 saturated carbocycles. The second kappa shape index (κ2) is 4.13. The number of hydrogen-bond acceptors (Lipinski definition) is 5. The Labute approximate surface area is 72.6 Å². The number of hydrogen-bond donors (Lipinski definition) is 1. The monoisotopic (exact) mass is 194 g/mol. The number of halogens is 2. The largest absolute Gasteiger partial charge is 0.461 e. The molecule has 0 bridgehead atoms. The van der Waals surface area contributed by atoms with Crippen molar-refractivity contribution >= 4 is 11.7 Å². The molecular weight excluding hydrogens is 186 g/mol. The van der Waals surface area contributed by atoms with E-state index in [1.54, 1.807) is 6.92 Å². The summed E-state index contributed by atoms with van der Waals surface area (Å²) in [5.41, 5.74) is 1.46. The van der Waals surface area contributed by atoms with Gasteiger partial charge in [0.1, 0.15) is 0 Å². The number of nitrogens with one attached hydrogen (secondary N) is 1. The maximum Gasteiger partial charge on any atom is 0.358 e. The Hall–Kier alpha value is -1.24. The van der Waals surface area contributed by atoms with E-state index in [4.69, 9.17) is 0 Å². The Bertz CT molecular complexity index is 232. The lowest BCUT2D eigenvalue weighted by atomic mass is 10.2. The maximum atomic E-state index is 12.2. The molecule has 7 heteroatoms. The van der Waals surface area contributed by atoms with Crippen LogP contribution in [0.5, 0.6) is 0 Å². The molecule has 1 unspecified atom stereocenters. The van der Waals surface area contributed by atoms with Crippen LogP contribution in [0.25, 0.3) is 0 Å². The highest BCUT2D eigenvalue weighted by atomic mass is 19.3. The van der Waals surface area contributed by atoms with E-state index in [-0.39, 0.29) is 6.61 Å². The normalized spacial score (nSPS) is 21.2. The van der Waals surface area contributed by atoms with Crippen LogP contribution in [-0.2, 0) is 14.5 Å². The lowest BCUT2D eigenvalue weighted by Crippen LogP contribution is -2.40. The third-order valence-corrected chi connectivity index (χ3v) is 1.35. The summed E-state index contributed by atoms with van der Waals surface area (Å²) >= 11 is 0. The topological polar surface area (TPSA) is 59.9 Å². The Kier molecular flexibility index (Phi) is 3.13.